The van der Waals surface area contributed by atoms with Crippen molar-refractivity contribution in [3.8, 4) is 0 Å². The average molecular weight is 248 g/mol. The number of carbonyl (C=O) groups is 1. The van der Waals surface area contributed by atoms with Crippen LogP contribution in [-0.2, 0) is 6.42 Å². The van der Waals surface area contributed by atoms with E-state index in [1.54, 1.807) is 18.2 Å². The lowest BCUT2D eigenvalue weighted by atomic mass is 10.2. The van der Waals surface area contributed by atoms with Gasteiger partial charge in [0.1, 0.15) is 5.82 Å². The maximum Gasteiger partial charge on any atom is 0.259 e. The third kappa shape index (κ3) is 2.65. The van der Waals surface area contributed by atoms with Gasteiger partial charge in [0, 0.05) is 11.3 Å². The van der Waals surface area contributed by atoms with Crippen LogP contribution in [0.15, 0.2) is 29.2 Å². The number of aromatic nitrogens is 3. The summed E-state index contributed by atoms with van der Waals surface area (Å²) < 4.78 is 0. The minimum absolute atomic E-state index is 0.266. The monoisotopic (exact) mass is 248 g/mol. The van der Waals surface area contributed by atoms with Crippen LogP contribution < -0.4 is 5.32 Å². The van der Waals surface area contributed by atoms with Crippen LogP contribution in [0, 0.1) is 0 Å². The van der Waals surface area contributed by atoms with Crippen LogP contribution in [0.2, 0.25) is 0 Å². The van der Waals surface area contributed by atoms with Gasteiger partial charge in [0.15, 0.2) is 0 Å². The summed E-state index contributed by atoms with van der Waals surface area (Å²) in [5.41, 5.74) is 0.499. The minimum Gasteiger partial charge on any atom is -0.289 e. The van der Waals surface area contributed by atoms with Gasteiger partial charge in [0.2, 0.25) is 5.95 Å². The summed E-state index contributed by atoms with van der Waals surface area (Å²) in [4.78, 5) is 16.6. The van der Waals surface area contributed by atoms with Crippen LogP contribution in [0.5, 0.6) is 0 Å². The molecule has 0 aliphatic heterocycles. The fourth-order valence-electron chi connectivity index (χ4n) is 1.34. The Morgan fingerprint density at radius 3 is 2.88 bits per heavy atom. The Morgan fingerprint density at radius 1 is 1.47 bits per heavy atom. The third-order valence-electron chi connectivity index (χ3n) is 2.24. The number of aromatic amines is 1. The molecule has 0 saturated carbocycles. The average Bonchev–Trinajstić information content (AvgIpc) is 2.77. The predicted molar refractivity (Wildman–Crippen MR) is 67.4 cm³/mol. The van der Waals surface area contributed by atoms with Crippen LogP contribution in [0.4, 0.5) is 5.95 Å². The fourth-order valence-corrected chi connectivity index (χ4v) is 1.61. The number of rotatable bonds is 3. The number of nitrogens with zero attached hydrogens (tertiary/aromatic N) is 2. The van der Waals surface area contributed by atoms with Gasteiger partial charge in [-0.1, -0.05) is 19.1 Å². The zero-order chi connectivity index (χ0) is 12.3. The molecule has 0 radical (unpaired) electrons. The molecule has 0 aliphatic carbocycles. The molecule has 2 N–H and O–H groups in total. The lowest BCUT2D eigenvalue weighted by Crippen LogP contribution is -2.13. The fraction of sp³-hybridized carbons (Fsp3) is 0.182. The molecule has 1 amide bonds. The summed E-state index contributed by atoms with van der Waals surface area (Å²) in [6.07, 6.45) is 0.742. The number of hydrogen-bond acceptors (Lipinski definition) is 4. The molecule has 0 fully saturated rings. The summed E-state index contributed by atoms with van der Waals surface area (Å²) in [6.45, 7) is 1.95. The van der Waals surface area contributed by atoms with Gasteiger partial charge in [-0.25, -0.2) is 0 Å². The molecule has 1 heterocycles. The van der Waals surface area contributed by atoms with E-state index in [1.807, 2.05) is 13.0 Å². The number of anilines is 1. The Balaban J connectivity index is 2.14. The van der Waals surface area contributed by atoms with Crippen molar-refractivity contribution in [3.63, 3.8) is 0 Å². The normalized spacial score (nSPS) is 10.2. The highest BCUT2D eigenvalue weighted by Crippen LogP contribution is 2.14. The maximum absolute atomic E-state index is 11.9. The van der Waals surface area contributed by atoms with Gasteiger partial charge >= 0.3 is 0 Å². The van der Waals surface area contributed by atoms with Crippen LogP contribution in [0.25, 0.3) is 0 Å². The summed E-state index contributed by atoms with van der Waals surface area (Å²) >= 11 is 4.22. The standard InChI is InChI=1S/C11H12N4OS/c1-2-9-12-11(15-14-9)13-10(16)7-5-3-4-6-8(7)17/h3-6,17H,2H2,1H3,(H2,12,13,14,15,16). The van der Waals surface area contributed by atoms with E-state index in [2.05, 4.69) is 33.1 Å². The third-order valence-corrected chi connectivity index (χ3v) is 2.63. The first kappa shape index (κ1) is 11.7. The molecule has 88 valence electrons. The topological polar surface area (TPSA) is 70.7 Å². The number of carbonyl (C=O) groups excluding carboxylic acids is 1. The first-order valence-corrected chi connectivity index (χ1v) is 5.66. The summed E-state index contributed by atoms with van der Waals surface area (Å²) in [6, 6.07) is 7.06. The Hall–Kier alpha value is -1.82. The van der Waals surface area contributed by atoms with E-state index in [-0.39, 0.29) is 11.9 Å². The Bertz CT molecular complexity index is 538. The van der Waals surface area contributed by atoms with E-state index in [0.29, 0.717) is 10.5 Å². The largest absolute Gasteiger partial charge is 0.289 e. The predicted octanol–water partition coefficient (Wildman–Crippen LogP) is 1.91. The van der Waals surface area contributed by atoms with Crippen molar-refractivity contribution in [2.24, 2.45) is 0 Å². The Morgan fingerprint density at radius 2 is 2.24 bits per heavy atom. The van der Waals surface area contributed by atoms with Crippen molar-refractivity contribution in [2.45, 2.75) is 18.2 Å². The zero-order valence-corrected chi connectivity index (χ0v) is 10.2. The van der Waals surface area contributed by atoms with Crippen molar-refractivity contribution < 1.29 is 4.79 Å². The molecule has 0 bridgehead atoms. The highest BCUT2D eigenvalue weighted by Gasteiger charge is 2.11. The molecular formula is C11H12N4OS. The molecule has 2 rings (SSSR count). The van der Waals surface area contributed by atoms with E-state index in [4.69, 9.17) is 0 Å². The number of benzene rings is 1. The molecule has 0 aliphatic rings. The molecule has 0 spiro atoms. The van der Waals surface area contributed by atoms with Crippen molar-refractivity contribution in [3.05, 3.63) is 35.7 Å². The molecule has 0 atom stereocenters. The molecule has 0 saturated heterocycles. The van der Waals surface area contributed by atoms with E-state index < -0.39 is 0 Å². The number of nitrogens with one attached hydrogen (secondary N) is 2. The van der Waals surface area contributed by atoms with Gasteiger partial charge in [0.05, 0.1) is 5.56 Å². The molecule has 5 nitrogen and oxygen atoms in total. The second-order valence-corrected chi connectivity index (χ2v) is 3.91. The van der Waals surface area contributed by atoms with Crippen LogP contribution >= 0.6 is 12.6 Å². The molecule has 17 heavy (non-hydrogen) atoms. The SMILES string of the molecule is CCc1nc(NC(=O)c2ccccc2S)n[nH]1. The molecule has 6 heteroatoms. The Kier molecular flexibility index (Phi) is 3.43. The van der Waals surface area contributed by atoms with Gasteiger partial charge in [0.25, 0.3) is 5.91 Å². The van der Waals surface area contributed by atoms with E-state index in [9.17, 15) is 4.79 Å². The smallest absolute Gasteiger partial charge is 0.259 e. The quantitative estimate of drug-likeness (QED) is 0.727. The lowest BCUT2D eigenvalue weighted by molar-refractivity contribution is 0.102. The van der Waals surface area contributed by atoms with E-state index in [1.165, 1.54) is 0 Å². The summed E-state index contributed by atoms with van der Waals surface area (Å²) in [5, 5.41) is 9.23. The van der Waals surface area contributed by atoms with Gasteiger partial charge in [-0.05, 0) is 12.1 Å². The first-order chi connectivity index (χ1) is 8.20. The number of aryl methyl sites for hydroxylation is 1. The second kappa shape index (κ2) is 5.01. The van der Waals surface area contributed by atoms with Crippen LogP contribution in [0.3, 0.4) is 0 Å². The second-order valence-electron chi connectivity index (χ2n) is 3.43. The maximum atomic E-state index is 11.9. The number of thiol groups is 1. The number of hydrogen-bond donors (Lipinski definition) is 3. The highest BCUT2D eigenvalue weighted by atomic mass is 32.1. The molecule has 1 aromatic heterocycles. The van der Waals surface area contributed by atoms with Crippen molar-refractivity contribution in [2.75, 3.05) is 5.32 Å². The lowest BCUT2D eigenvalue weighted by Gasteiger charge is -2.03. The molecule has 2 aromatic rings. The molecule has 1 aromatic carbocycles. The Labute approximate surface area is 104 Å². The van der Waals surface area contributed by atoms with Gasteiger partial charge < -0.3 is 0 Å². The zero-order valence-electron chi connectivity index (χ0n) is 9.27. The van der Waals surface area contributed by atoms with Crippen molar-refractivity contribution in [1.29, 1.82) is 0 Å². The van der Waals surface area contributed by atoms with Crippen molar-refractivity contribution >= 4 is 24.5 Å². The van der Waals surface area contributed by atoms with E-state index in [0.717, 1.165) is 12.2 Å². The number of amides is 1. The number of H-pyrrole nitrogens is 1. The molecular weight excluding hydrogens is 236 g/mol. The minimum atomic E-state index is -0.266. The van der Waals surface area contributed by atoms with Crippen molar-refractivity contribution in [1.82, 2.24) is 15.2 Å². The van der Waals surface area contributed by atoms with Gasteiger partial charge in [-0.15, -0.1) is 17.7 Å². The highest BCUT2D eigenvalue weighted by molar-refractivity contribution is 7.80. The van der Waals surface area contributed by atoms with E-state index >= 15 is 0 Å². The first-order valence-electron chi connectivity index (χ1n) is 5.21. The van der Waals surface area contributed by atoms with Gasteiger partial charge in [-0.2, -0.15) is 4.98 Å². The summed E-state index contributed by atoms with van der Waals surface area (Å²) in [5.74, 6) is 0.750. The van der Waals surface area contributed by atoms with Crippen LogP contribution in [0.1, 0.15) is 23.1 Å². The van der Waals surface area contributed by atoms with Crippen LogP contribution in [-0.4, -0.2) is 21.1 Å². The van der Waals surface area contributed by atoms with Gasteiger partial charge in [-0.3, -0.25) is 15.2 Å². The molecule has 0 unspecified atom stereocenters. The summed E-state index contributed by atoms with van der Waals surface area (Å²) in [7, 11) is 0.